The average Bonchev–Trinajstić information content (AvgIpc) is 3.34. The second-order valence-corrected chi connectivity index (χ2v) is 10.3. The number of benzene rings is 2. The zero-order valence-electron chi connectivity index (χ0n) is 21.0. The van der Waals surface area contributed by atoms with Crippen LogP contribution in [0, 0.1) is 17.5 Å². The van der Waals surface area contributed by atoms with Crippen LogP contribution in [0.3, 0.4) is 0 Å². The number of aromatic amines is 1. The predicted molar refractivity (Wildman–Crippen MR) is 136 cm³/mol. The van der Waals surface area contributed by atoms with Gasteiger partial charge in [0.1, 0.15) is 23.4 Å². The molecule has 2 heterocycles. The lowest BCUT2D eigenvalue weighted by atomic mass is 10.0. The number of halogens is 3. The topological polar surface area (TPSA) is 142 Å². The SMILES string of the molecule is COc1ncncc1S(=O)(=O)Nc1ccc(F)c(-c2ccc3c(C(=O)NCCCN(C)C)[nH]nc3c2F)c1F. The normalized spacial score (nSPS) is 11.7. The quantitative estimate of drug-likeness (QED) is 0.250. The van der Waals surface area contributed by atoms with Gasteiger partial charge in [-0.2, -0.15) is 5.10 Å². The molecule has 0 spiro atoms. The highest BCUT2D eigenvalue weighted by Crippen LogP contribution is 2.36. The molecule has 4 aromatic rings. The van der Waals surface area contributed by atoms with Crippen LogP contribution in [0.25, 0.3) is 22.0 Å². The molecule has 3 N–H and O–H groups in total. The van der Waals surface area contributed by atoms with Gasteiger partial charge in [-0.05, 0) is 45.3 Å². The minimum Gasteiger partial charge on any atom is -0.480 e. The van der Waals surface area contributed by atoms with Crippen LogP contribution in [0.1, 0.15) is 16.9 Å². The fraction of sp³-hybridized carbons (Fsp3) is 0.250. The van der Waals surface area contributed by atoms with Crippen LogP contribution in [0.4, 0.5) is 18.9 Å². The Kier molecular flexibility index (Phi) is 8.01. The average molecular weight is 564 g/mol. The van der Waals surface area contributed by atoms with Crippen LogP contribution in [0.5, 0.6) is 5.88 Å². The molecule has 39 heavy (non-hydrogen) atoms. The minimum absolute atomic E-state index is 0.0122. The van der Waals surface area contributed by atoms with E-state index in [1.165, 1.54) is 13.2 Å². The van der Waals surface area contributed by atoms with Gasteiger partial charge in [-0.3, -0.25) is 14.6 Å². The van der Waals surface area contributed by atoms with Crippen LogP contribution in [-0.2, 0) is 10.0 Å². The monoisotopic (exact) mass is 563 g/mol. The number of carbonyl (C=O) groups is 1. The van der Waals surface area contributed by atoms with Crippen molar-refractivity contribution in [3.8, 4) is 17.0 Å². The summed E-state index contributed by atoms with van der Waals surface area (Å²) in [5, 5.41) is 9.11. The van der Waals surface area contributed by atoms with E-state index in [4.69, 9.17) is 4.74 Å². The molecule has 206 valence electrons. The van der Waals surface area contributed by atoms with Crippen LogP contribution in [0.15, 0.2) is 41.7 Å². The van der Waals surface area contributed by atoms with Gasteiger partial charge in [0.2, 0.25) is 5.88 Å². The number of anilines is 1. The number of amides is 1. The van der Waals surface area contributed by atoms with Gasteiger partial charge in [0.25, 0.3) is 15.9 Å². The van der Waals surface area contributed by atoms with Gasteiger partial charge in [-0.25, -0.2) is 31.6 Å². The Morgan fingerprint density at radius 2 is 1.90 bits per heavy atom. The van der Waals surface area contributed by atoms with Crippen LogP contribution in [0.2, 0.25) is 0 Å². The molecule has 0 saturated heterocycles. The molecule has 0 atom stereocenters. The summed E-state index contributed by atoms with van der Waals surface area (Å²) in [6, 6.07) is 4.03. The number of rotatable bonds is 10. The van der Waals surface area contributed by atoms with E-state index in [9.17, 15) is 17.6 Å². The second kappa shape index (κ2) is 11.2. The zero-order valence-corrected chi connectivity index (χ0v) is 21.9. The Morgan fingerprint density at radius 3 is 2.62 bits per heavy atom. The Balaban J connectivity index is 1.68. The molecule has 0 aliphatic carbocycles. The van der Waals surface area contributed by atoms with E-state index in [-0.39, 0.29) is 22.5 Å². The number of hydrogen-bond donors (Lipinski definition) is 3. The molecule has 0 bridgehead atoms. The van der Waals surface area contributed by atoms with Gasteiger partial charge in [-0.1, -0.05) is 6.07 Å². The number of methoxy groups -OCH3 is 1. The highest BCUT2D eigenvalue weighted by atomic mass is 32.2. The fourth-order valence-electron chi connectivity index (χ4n) is 3.82. The first-order valence-corrected chi connectivity index (χ1v) is 13.0. The number of nitrogens with zero attached hydrogens (tertiary/aromatic N) is 4. The number of carbonyl (C=O) groups excluding carboxylic acids is 1. The van der Waals surface area contributed by atoms with Crippen LogP contribution < -0.4 is 14.8 Å². The molecule has 11 nitrogen and oxygen atoms in total. The third kappa shape index (κ3) is 5.63. The van der Waals surface area contributed by atoms with E-state index in [0.717, 1.165) is 37.3 Å². The maximum Gasteiger partial charge on any atom is 0.269 e. The minimum atomic E-state index is -4.48. The number of nitrogens with one attached hydrogen (secondary N) is 3. The van der Waals surface area contributed by atoms with Gasteiger partial charge >= 0.3 is 0 Å². The van der Waals surface area contributed by atoms with Crippen molar-refractivity contribution in [2.45, 2.75) is 11.3 Å². The van der Waals surface area contributed by atoms with E-state index >= 15 is 8.78 Å². The molecule has 0 fully saturated rings. The fourth-order valence-corrected chi connectivity index (χ4v) is 4.94. The van der Waals surface area contributed by atoms with Crippen molar-refractivity contribution in [1.29, 1.82) is 0 Å². The molecule has 2 aromatic heterocycles. The van der Waals surface area contributed by atoms with E-state index in [0.29, 0.717) is 13.0 Å². The molecule has 0 unspecified atom stereocenters. The Hall–Kier alpha value is -4.24. The van der Waals surface area contributed by atoms with Crippen molar-refractivity contribution in [3.63, 3.8) is 0 Å². The first-order valence-electron chi connectivity index (χ1n) is 11.5. The van der Waals surface area contributed by atoms with Gasteiger partial charge in [0.15, 0.2) is 16.5 Å². The lowest BCUT2D eigenvalue weighted by Gasteiger charge is -2.14. The standard InChI is InChI=1S/C24H24F3N7O4S/c1-34(2)10-4-9-29-23(35)22-14-6-5-13(19(26)21(14)31-32-22)18-15(25)7-8-16(20(18)27)33-39(36,37)17-11-28-12-30-24(17)38-3/h5-8,11-12,33H,4,9-10H2,1-3H3,(H,29,35)(H,31,32). The van der Waals surface area contributed by atoms with Gasteiger partial charge in [0, 0.05) is 17.5 Å². The van der Waals surface area contributed by atoms with Crippen molar-refractivity contribution < 1.29 is 31.1 Å². The Bertz CT molecular complexity index is 1640. The number of ether oxygens (including phenoxy) is 1. The Morgan fingerprint density at radius 1 is 1.13 bits per heavy atom. The van der Waals surface area contributed by atoms with E-state index in [1.807, 2.05) is 23.7 Å². The number of H-pyrrole nitrogens is 1. The van der Waals surface area contributed by atoms with Crippen molar-refractivity contribution >= 4 is 32.5 Å². The maximum atomic E-state index is 15.5. The second-order valence-electron chi connectivity index (χ2n) is 8.62. The van der Waals surface area contributed by atoms with Crippen molar-refractivity contribution in [2.75, 3.05) is 39.0 Å². The molecule has 0 aliphatic heterocycles. The highest BCUT2D eigenvalue weighted by molar-refractivity contribution is 7.92. The summed E-state index contributed by atoms with van der Waals surface area (Å²) in [6.07, 6.45) is 2.69. The predicted octanol–water partition coefficient (Wildman–Crippen LogP) is 2.93. The summed E-state index contributed by atoms with van der Waals surface area (Å²) in [7, 11) is 0.508. The molecule has 15 heteroatoms. The summed E-state index contributed by atoms with van der Waals surface area (Å²) >= 11 is 0. The largest absolute Gasteiger partial charge is 0.480 e. The first kappa shape index (κ1) is 27.8. The number of sulfonamides is 1. The third-order valence-corrected chi connectivity index (χ3v) is 7.04. The molecule has 4 rings (SSSR count). The molecular formula is C24H24F3N7O4S. The first-order chi connectivity index (χ1) is 18.5. The maximum absolute atomic E-state index is 15.5. The highest BCUT2D eigenvalue weighted by Gasteiger charge is 2.27. The number of fused-ring (bicyclic) bond motifs is 1. The van der Waals surface area contributed by atoms with E-state index in [1.54, 1.807) is 0 Å². The molecule has 0 radical (unpaired) electrons. The van der Waals surface area contributed by atoms with Gasteiger partial charge in [0.05, 0.1) is 24.6 Å². The molecule has 2 aromatic carbocycles. The molecular weight excluding hydrogens is 539 g/mol. The van der Waals surface area contributed by atoms with Crippen molar-refractivity contribution in [1.82, 2.24) is 30.4 Å². The van der Waals surface area contributed by atoms with Crippen LogP contribution in [-0.4, -0.2) is 73.7 Å². The van der Waals surface area contributed by atoms with Gasteiger partial charge in [-0.15, -0.1) is 0 Å². The third-order valence-electron chi connectivity index (χ3n) is 5.69. The molecule has 1 amide bonds. The van der Waals surface area contributed by atoms with Gasteiger partial charge < -0.3 is 15.0 Å². The van der Waals surface area contributed by atoms with E-state index in [2.05, 4.69) is 25.5 Å². The molecule has 0 saturated carbocycles. The smallest absolute Gasteiger partial charge is 0.269 e. The zero-order chi connectivity index (χ0) is 28.3. The lowest BCUT2D eigenvalue weighted by Crippen LogP contribution is -2.27. The van der Waals surface area contributed by atoms with Crippen molar-refractivity contribution in [3.05, 3.63) is 59.9 Å². The number of hydrogen-bond acceptors (Lipinski definition) is 8. The van der Waals surface area contributed by atoms with Crippen LogP contribution >= 0.6 is 0 Å². The van der Waals surface area contributed by atoms with Crippen molar-refractivity contribution in [2.24, 2.45) is 0 Å². The molecule has 0 aliphatic rings. The number of aromatic nitrogens is 4. The summed E-state index contributed by atoms with van der Waals surface area (Å²) < 4.78 is 78.4. The Labute approximate surface area is 221 Å². The van der Waals surface area contributed by atoms with E-state index < -0.39 is 55.1 Å². The summed E-state index contributed by atoms with van der Waals surface area (Å²) in [6.45, 7) is 1.12. The summed E-state index contributed by atoms with van der Waals surface area (Å²) in [5.41, 5.74) is -2.34. The summed E-state index contributed by atoms with van der Waals surface area (Å²) in [5.74, 6) is -4.44. The summed E-state index contributed by atoms with van der Waals surface area (Å²) in [4.78, 5) is 21.3. The lowest BCUT2D eigenvalue weighted by molar-refractivity contribution is 0.0949.